The lowest BCUT2D eigenvalue weighted by atomic mass is 9.74. The number of carbonyl (C=O) groups excluding carboxylic acids is 1. The average molecular weight is 366 g/mol. The average Bonchev–Trinajstić information content (AvgIpc) is 3.23. The quantitative estimate of drug-likeness (QED) is 0.882. The summed E-state index contributed by atoms with van der Waals surface area (Å²) < 4.78 is 5.48. The summed E-state index contributed by atoms with van der Waals surface area (Å²) in [5, 5.41) is 12.8. The van der Waals surface area contributed by atoms with Crippen molar-refractivity contribution in [3.05, 3.63) is 60.1 Å². The summed E-state index contributed by atoms with van der Waals surface area (Å²) in [6.07, 6.45) is 2.94. The Morgan fingerprint density at radius 1 is 1.26 bits per heavy atom. The van der Waals surface area contributed by atoms with E-state index < -0.39 is 5.41 Å². The third kappa shape index (κ3) is 4.15. The molecule has 1 aromatic heterocycles. The molecule has 1 fully saturated rings. The summed E-state index contributed by atoms with van der Waals surface area (Å²) in [6, 6.07) is 16.0. The Kier molecular flexibility index (Phi) is 5.82. The topological polar surface area (TPSA) is 72.5 Å². The third-order valence-electron chi connectivity index (χ3n) is 5.39. The highest BCUT2D eigenvalue weighted by Crippen LogP contribution is 2.34. The molecule has 0 unspecified atom stereocenters. The van der Waals surface area contributed by atoms with Crippen molar-refractivity contribution in [2.24, 2.45) is 0 Å². The van der Waals surface area contributed by atoms with Crippen molar-refractivity contribution in [3.8, 4) is 6.07 Å². The monoisotopic (exact) mass is 366 g/mol. The van der Waals surface area contributed by atoms with Crippen molar-refractivity contribution < 1.29 is 9.21 Å². The first kappa shape index (κ1) is 19.0. The van der Waals surface area contributed by atoms with Crippen LogP contribution in [0.15, 0.2) is 53.1 Å². The van der Waals surface area contributed by atoms with E-state index in [0.29, 0.717) is 32.5 Å². The van der Waals surface area contributed by atoms with Gasteiger partial charge in [-0.15, -0.1) is 0 Å². The van der Waals surface area contributed by atoms with Gasteiger partial charge in [0.05, 0.1) is 23.8 Å². The molecule has 0 saturated carbocycles. The molecular weight excluding hydrogens is 340 g/mol. The predicted octanol–water partition coefficient (Wildman–Crippen LogP) is 3.15. The summed E-state index contributed by atoms with van der Waals surface area (Å²) in [4.78, 5) is 16.4. The van der Waals surface area contributed by atoms with E-state index in [1.807, 2.05) is 61.5 Å². The Morgan fingerprint density at radius 2 is 1.96 bits per heavy atom. The van der Waals surface area contributed by atoms with Crippen molar-refractivity contribution in [2.75, 3.05) is 33.7 Å². The molecule has 1 saturated heterocycles. The van der Waals surface area contributed by atoms with Crippen LogP contribution in [0.4, 0.5) is 4.79 Å². The number of hydrogen-bond acceptors (Lipinski definition) is 4. The van der Waals surface area contributed by atoms with Gasteiger partial charge in [0.2, 0.25) is 0 Å². The molecule has 3 rings (SSSR count). The number of piperidine rings is 1. The van der Waals surface area contributed by atoms with Crippen molar-refractivity contribution >= 4 is 6.03 Å². The standard InChI is InChI=1S/C21H26N4O2/c1-24(2)18(19-9-6-14-27-19)15-23-20(26)25-12-10-21(16-22,11-13-25)17-7-4-3-5-8-17/h3-9,14,18H,10-13,15H2,1-2H3,(H,23,26)/t18-/m1/s1. The number of carbonyl (C=O) groups is 1. The van der Waals surface area contributed by atoms with Gasteiger partial charge in [-0.3, -0.25) is 4.90 Å². The molecule has 2 aromatic rings. The summed E-state index contributed by atoms with van der Waals surface area (Å²) in [6.45, 7) is 1.61. The van der Waals surface area contributed by atoms with E-state index in [9.17, 15) is 10.1 Å². The minimum atomic E-state index is -0.502. The molecule has 2 heterocycles. The van der Waals surface area contributed by atoms with Gasteiger partial charge in [-0.2, -0.15) is 5.26 Å². The van der Waals surface area contributed by atoms with Gasteiger partial charge < -0.3 is 14.6 Å². The van der Waals surface area contributed by atoms with Crippen LogP contribution < -0.4 is 5.32 Å². The first-order chi connectivity index (χ1) is 13.1. The van der Waals surface area contributed by atoms with Crippen LogP contribution in [0.3, 0.4) is 0 Å². The van der Waals surface area contributed by atoms with E-state index in [1.165, 1.54) is 0 Å². The van der Waals surface area contributed by atoms with Gasteiger partial charge in [0, 0.05) is 19.6 Å². The number of nitriles is 1. The Morgan fingerprint density at radius 3 is 2.52 bits per heavy atom. The number of benzene rings is 1. The number of urea groups is 1. The van der Waals surface area contributed by atoms with Gasteiger partial charge in [0.25, 0.3) is 0 Å². The molecule has 0 bridgehead atoms. The Labute approximate surface area is 160 Å². The van der Waals surface area contributed by atoms with Crippen LogP contribution in [0.1, 0.15) is 30.2 Å². The van der Waals surface area contributed by atoms with Crippen LogP contribution >= 0.6 is 0 Å². The van der Waals surface area contributed by atoms with Crippen LogP contribution in [-0.4, -0.2) is 49.6 Å². The molecule has 2 amide bonds. The van der Waals surface area contributed by atoms with E-state index in [1.54, 1.807) is 11.2 Å². The van der Waals surface area contributed by atoms with Gasteiger partial charge in [-0.05, 0) is 44.6 Å². The number of rotatable bonds is 5. The maximum atomic E-state index is 12.6. The van der Waals surface area contributed by atoms with E-state index in [0.717, 1.165) is 11.3 Å². The normalized spacial score (nSPS) is 17.3. The number of furan rings is 1. The molecule has 0 spiro atoms. The number of nitrogens with one attached hydrogen (secondary N) is 1. The molecule has 0 aliphatic carbocycles. The Balaban J connectivity index is 1.58. The predicted molar refractivity (Wildman–Crippen MR) is 103 cm³/mol. The fourth-order valence-corrected chi connectivity index (χ4v) is 3.63. The Bertz CT molecular complexity index is 772. The molecule has 142 valence electrons. The van der Waals surface area contributed by atoms with Crippen LogP contribution in [-0.2, 0) is 5.41 Å². The zero-order chi connectivity index (χ0) is 19.3. The van der Waals surface area contributed by atoms with Crippen molar-refractivity contribution in [2.45, 2.75) is 24.3 Å². The van der Waals surface area contributed by atoms with E-state index in [4.69, 9.17) is 4.42 Å². The molecule has 1 aromatic carbocycles. The first-order valence-corrected chi connectivity index (χ1v) is 9.25. The van der Waals surface area contributed by atoms with Crippen LogP contribution in [0, 0.1) is 11.3 Å². The number of likely N-dealkylation sites (tertiary alicyclic amines) is 1. The lowest BCUT2D eigenvalue weighted by Gasteiger charge is -2.37. The first-order valence-electron chi connectivity index (χ1n) is 9.25. The Hall–Kier alpha value is -2.78. The minimum absolute atomic E-state index is 0.0174. The zero-order valence-corrected chi connectivity index (χ0v) is 15.9. The number of amides is 2. The van der Waals surface area contributed by atoms with Gasteiger partial charge in [-0.1, -0.05) is 30.3 Å². The molecule has 1 atom stereocenters. The highest BCUT2D eigenvalue weighted by molar-refractivity contribution is 5.74. The molecule has 27 heavy (non-hydrogen) atoms. The summed E-state index contributed by atoms with van der Waals surface area (Å²) in [5.41, 5.74) is 0.538. The molecular formula is C21H26N4O2. The van der Waals surface area contributed by atoms with Crippen LogP contribution in [0.25, 0.3) is 0 Å². The van der Waals surface area contributed by atoms with E-state index in [2.05, 4.69) is 11.4 Å². The maximum Gasteiger partial charge on any atom is 0.317 e. The SMILES string of the molecule is CN(C)[C@H](CNC(=O)N1CCC(C#N)(c2ccccc2)CC1)c1ccco1. The summed E-state index contributed by atoms with van der Waals surface area (Å²) in [7, 11) is 3.92. The molecule has 1 aliphatic rings. The third-order valence-corrected chi connectivity index (χ3v) is 5.39. The van der Waals surface area contributed by atoms with Crippen molar-refractivity contribution in [3.63, 3.8) is 0 Å². The maximum absolute atomic E-state index is 12.6. The molecule has 6 nitrogen and oxygen atoms in total. The van der Waals surface area contributed by atoms with Gasteiger partial charge in [0.15, 0.2) is 0 Å². The van der Waals surface area contributed by atoms with E-state index >= 15 is 0 Å². The van der Waals surface area contributed by atoms with Crippen LogP contribution in [0.2, 0.25) is 0 Å². The summed E-state index contributed by atoms with van der Waals surface area (Å²) in [5.74, 6) is 0.825. The van der Waals surface area contributed by atoms with Gasteiger partial charge in [-0.25, -0.2) is 4.79 Å². The second-order valence-corrected chi connectivity index (χ2v) is 7.23. The van der Waals surface area contributed by atoms with Crippen molar-refractivity contribution in [1.82, 2.24) is 15.1 Å². The molecule has 1 aliphatic heterocycles. The number of nitrogens with zero attached hydrogens (tertiary/aromatic N) is 3. The molecule has 0 radical (unpaired) electrons. The molecule has 6 heteroatoms. The lowest BCUT2D eigenvalue weighted by molar-refractivity contribution is 0.166. The number of likely N-dealkylation sites (N-methyl/N-ethyl adjacent to an activating group) is 1. The van der Waals surface area contributed by atoms with Gasteiger partial charge >= 0.3 is 6.03 Å². The second-order valence-electron chi connectivity index (χ2n) is 7.23. The highest BCUT2D eigenvalue weighted by Gasteiger charge is 2.37. The highest BCUT2D eigenvalue weighted by atomic mass is 16.3. The lowest BCUT2D eigenvalue weighted by Crippen LogP contribution is -2.49. The van der Waals surface area contributed by atoms with E-state index in [-0.39, 0.29) is 12.1 Å². The van der Waals surface area contributed by atoms with Crippen molar-refractivity contribution in [1.29, 1.82) is 5.26 Å². The zero-order valence-electron chi connectivity index (χ0n) is 15.9. The summed E-state index contributed by atoms with van der Waals surface area (Å²) >= 11 is 0. The fourth-order valence-electron chi connectivity index (χ4n) is 3.63. The minimum Gasteiger partial charge on any atom is -0.468 e. The largest absolute Gasteiger partial charge is 0.468 e. The fraction of sp³-hybridized carbons (Fsp3) is 0.429. The van der Waals surface area contributed by atoms with Crippen LogP contribution in [0.5, 0.6) is 0 Å². The second kappa shape index (κ2) is 8.28. The number of hydrogen-bond donors (Lipinski definition) is 1. The smallest absolute Gasteiger partial charge is 0.317 e. The van der Waals surface area contributed by atoms with Gasteiger partial charge in [0.1, 0.15) is 5.76 Å². The molecule has 1 N–H and O–H groups in total.